The summed E-state index contributed by atoms with van der Waals surface area (Å²) in [5, 5.41) is 11.7. The zero-order valence-electron chi connectivity index (χ0n) is 10.4. The fourth-order valence-corrected chi connectivity index (χ4v) is 1.84. The highest BCUT2D eigenvalue weighted by atomic mass is 35.5. The van der Waals surface area contributed by atoms with Crippen molar-refractivity contribution in [3.8, 4) is 0 Å². The molecule has 0 unspecified atom stereocenters. The number of carboxylic acid groups (broad SMARTS) is 1. The number of hydrogen-bond donors (Lipinski definition) is 2. The third kappa shape index (κ3) is 2.92. The summed E-state index contributed by atoms with van der Waals surface area (Å²) in [5.74, 6) is -1.79. The normalized spacial score (nSPS) is 10.1. The molecule has 0 fully saturated rings. The topological polar surface area (TPSA) is 92.2 Å². The Hall–Kier alpha value is -2.47. The quantitative estimate of drug-likeness (QED) is 0.906. The maximum absolute atomic E-state index is 12.1. The summed E-state index contributed by atoms with van der Waals surface area (Å²) in [5.41, 5.74) is 0.729. The second-order valence-corrected chi connectivity index (χ2v) is 4.37. The summed E-state index contributed by atoms with van der Waals surface area (Å²) in [6, 6.07) is 4.37. The second-order valence-electron chi connectivity index (χ2n) is 3.96. The van der Waals surface area contributed by atoms with Crippen LogP contribution in [0, 0.1) is 6.92 Å². The minimum atomic E-state index is -1.18. The number of pyridine rings is 2. The van der Waals surface area contributed by atoms with E-state index < -0.39 is 11.9 Å². The van der Waals surface area contributed by atoms with Crippen LogP contribution >= 0.6 is 11.6 Å². The van der Waals surface area contributed by atoms with Crippen LogP contribution in [0.5, 0.6) is 0 Å². The van der Waals surface area contributed by atoms with Crippen molar-refractivity contribution < 1.29 is 14.7 Å². The first-order chi connectivity index (χ1) is 9.49. The van der Waals surface area contributed by atoms with Crippen LogP contribution in [0.1, 0.15) is 26.4 Å². The number of hydrogen-bond acceptors (Lipinski definition) is 4. The number of carbonyl (C=O) groups excluding carboxylic acids is 1. The van der Waals surface area contributed by atoms with Gasteiger partial charge in [-0.3, -0.25) is 9.78 Å². The van der Waals surface area contributed by atoms with Gasteiger partial charge in [0.25, 0.3) is 5.91 Å². The Morgan fingerprint density at radius 1 is 1.30 bits per heavy atom. The molecule has 6 nitrogen and oxygen atoms in total. The van der Waals surface area contributed by atoms with E-state index in [0.29, 0.717) is 5.69 Å². The molecule has 2 rings (SSSR count). The number of carbonyl (C=O) groups is 2. The SMILES string of the molecule is Cc1cc(Cl)c(C(=O)Nc2ncccc2C(=O)O)cn1. The molecule has 2 aromatic rings. The summed E-state index contributed by atoms with van der Waals surface area (Å²) in [4.78, 5) is 30.9. The van der Waals surface area contributed by atoms with Crippen molar-refractivity contribution in [3.63, 3.8) is 0 Å². The number of amides is 1. The van der Waals surface area contributed by atoms with E-state index in [2.05, 4.69) is 15.3 Å². The van der Waals surface area contributed by atoms with Gasteiger partial charge < -0.3 is 10.4 Å². The molecule has 2 heterocycles. The van der Waals surface area contributed by atoms with E-state index in [1.165, 1.54) is 24.5 Å². The van der Waals surface area contributed by atoms with Crippen molar-refractivity contribution in [1.82, 2.24) is 9.97 Å². The van der Waals surface area contributed by atoms with E-state index in [1.54, 1.807) is 13.0 Å². The Balaban J connectivity index is 2.30. The highest BCUT2D eigenvalue weighted by Crippen LogP contribution is 2.18. The first kappa shape index (κ1) is 14.0. The van der Waals surface area contributed by atoms with Gasteiger partial charge in [-0.15, -0.1) is 0 Å². The van der Waals surface area contributed by atoms with Crippen LogP contribution in [-0.2, 0) is 0 Å². The predicted octanol–water partition coefficient (Wildman–Crippen LogP) is 2.39. The fraction of sp³-hybridized carbons (Fsp3) is 0.0769. The molecule has 0 aliphatic carbocycles. The molecule has 102 valence electrons. The van der Waals surface area contributed by atoms with Crippen LogP contribution in [0.25, 0.3) is 0 Å². The Labute approximate surface area is 119 Å². The van der Waals surface area contributed by atoms with E-state index >= 15 is 0 Å². The van der Waals surface area contributed by atoms with E-state index in [9.17, 15) is 9.59 Å². The predicted molar refractivity (Wildman–Crippen MR) is 73.1 cm³/mol. The molecule has 1 amide bonds. The number of carboxylic acids is 1. The van der Waals surface area contributed by atoms with E-state index in [0.717, 1.165) is 0 Å². The number of nitrogens with zero attached hydrogens (tertiary/aromatic N) is 2. The number of aromatic nitrogens is 2. The number of anilines is 1. The van der Waals surface area contributed by atoms with Gasteiger partial charge in [0.1, 0.15) is 11.4 Å². The van der Waals surface area contributed by atoms with Gasteiger partial charge in [0.05, 0.1) is 10.6 Å². The lowest BCUT2D eigenvalue weighted by Crippen LogP contribution is -2.16. The van der Waals surface area contributed by atoms with Crippen molar-refractivity contribution in [3.05, 3.63) is 52.4 Å². The number of nitrogens with one attached hydrogen (secondary N) is 1. The lowest BCUT2D eigenvalue weighted by molar-refractivity contribution is 0.0697. The van der Waals surface area contributed by atoms with Crippen LogP contribution in [0.3, 0.4) is 0 Å². The molecule has 0 aromatic carbocycles. The molecule has 20 heavy (non-hydrogen) atoms. The van der Waals surface area contributed by atoms with Crippen molar-refractivity contribution in [2.24, 2.45) is 0 Å². The Morgan fingerprint density at radius 3 is 2.70 bits per heavy atom. The molecule has 0 radical (unpaired) electrons. The van der Waals surface area contributed by atoms with Crippen molar-refractivity contribution in [1.29, 1.82) is 0 Å². The number of aromatic carboxylic acids is 1. The van der Waals surface area contributed by atoms with Gasteiger partial charge in [-0.2, -0.15) is 0 Å². The summed E-state index contributed by atoms with van der Waals surface area (Å²) >= 11 is 5.96. The second kappa shape index (κ2) is 5.66. The molecule has 0 aliphatic heterocycles. The van der Waals surface area contributed by atoms with Gasteiger partial charge in [-0.25, -0.2) is 9.78 Å². The molecule has 2 N–H and O–H groups in total. The van der Waals surface area contributed by atoms with E-state index in [4.69, 9.17) is 16.7 Å². The van der Waals surface area contributed by atoms with Gasteiger partial charge in [-0.05, 0) is 25.1 Å². The van der Waals surface area contributed by atoms with Crippen LogP contribution in [0.2, 0.25) is 5.02 Å². The summed E-state index contributed by atoms with van der Waals surface area (Å²) in [6.45, 7) is 1.74. The van der Waals surface area contributed by atoms with Crippen molar-refractivity contribution in [2.75, 3.05) is 5.32 Å². The largest absolute Gasteiger partial charge is 0.478 e. The number of aryl methyl sites for hydroxylation is 1. The Morgan fingerprint density at radius 2 is 2.05 bits per heavy atom. The first-order valence-electron chi connectivity index (χ1n) is 5.61. The molecule has 0 atom stereocenters. The number of rotatable bonds is 3. The van der Waals surface area contributed by atoms with Crippen molar-refractivity contribution in [2.45, 2.75) is 6.92 Å². The Kier molecular flexibility index (Phi) is 3.95. The third-order valence-corrected chi connectivity index (χ3v) is 2.82. The monoisotopic (exact) mass is 291 g/mol. The lowest BCUT2D eigenvalue weighted by atomic mass is 10.2. The Bertz CT molecular complexity index is 688. The molecule has 0 aliphatic rings. The van der Waals surface area contributed by atoms with E-state index in [-0.39, 0.29) is 22.0 Å². The third-order valence-electron chi connectivity index (χ3n) is 2.50. The lowest BCUT2D eigenvalue weighted by Gasteiger charge is -2.08. The average Bonchev–Trinajstić information content (AvgIpc) is 2.38. The summed E-state index contributed by atoms with van der Waals surface area (Å²) in [6.07, 6.45) is 2.72. The summed E-state index contributed by atoms with van der Waals surface area (Å²) < 4.78 is 0. The van der Waals surface area contributed by atoms with Crippen LogP contribution in [0.15, 0.2) is 30.6 Å². The first-order valence-corrected chi connectivity index (χ1v) is 5.98. The minimum Gasteiger partial charge on any atom is -0.478 e. The standard InChI is InChI=1S/C13H10ClN3O3/c1-7-5-10(14)9(6-16-7)12(18)17-11-8(13(19)20)3-2-4-15-11/h2-6H,1H3,(H,19,20)(H,15,17,18). The molecular formula is C13H10ClN3O3. The van der Waals surface area contributed by atoms with Crippen LogP contribution in [0.4, 0.5) is 5.82 Å². The molecule has 0 spiro atoms. The minimum absolute atomic E-state index is 0.0401. The molecule has 0 saturated heterocycles. The summed E-state index contributed by atoms with van der Waals surface area (Å²) in [7, 11) is 0. The zero-order chi connectivity index (χ0) is 14.7. The zero-order valence-corrected chi connectivity index (χ0v) is 11.2. The maximum atomic E-state index is 12.1. The molecule has 0 saturated carbocycles. The molecule has 2 aromatic heterocycles. The van der Waals surface area contributed by atoms with Gasteiger partial charge in [-0.1, -0.05) is 11.6 Å². The maximum Gasteiger partial charge on any atom is 0.339 e. The number of halogens is 1. The van der Waals surface area contributed by atoms with Gasteiger partial charge in [0.2, 0.25) is 0 Å². The molecular weight excluding hydrogens is 282 g/mol. The molecule has 0 bridgehead atoms. The molecule has 7 heteroatoms. The smallest absolute Gasteiger partial charge is 0.339 e. The van der Waals surface area contributed by atoms with Crippen LogP contribution < -0.4 is 5.32 Å². The fourth-order valence-electron chi connectivity index (χ4n) is 1.55. The van der Waals surface area contributed by atoms with Crippen LogP contribution in [-0.4, -0.2) is 27.0 Å². The average molecular weight is 292 g/mol. The highest BCUT2D eigenvalue weighted by molar-refractivity contribution is 6.34. The highest BCUT2D eigenvalue weighted by Gasteiger charge is 2.16. The van der Waals surface area contributed by atoms with E-state index in [1.807, 2.05) is 0 Å². The van der Waals surface area contributed by atoms with Gasteiger partial charge >= 0.3 is 5.97 Å². The van der Waals surface area contributed by atoms with Crippen molar-refractivity contribution >= 4 is 29.3 Å². The van der Waals surface area contributed by atoms with Gasteiger partial charge in [0.15, 0.2) is 0 Å². The van der Waals surface area contributed by atoms with Gasteiger partial charge in [0, 0.05) is 18.1 Å².